The van der Waals surface area contributed by atoms with Crippen molar-refractivity contribution in [3.63, 3.8) is 0 Å². The van der Waals surface area contributed by atoms with E-state index < -0.39 is 23.3 Å². The van der Waals surface area contributed by atoms with Crippen LogP contribution in [0.15, 0.2) is 176 Å². The number of fused-ring (bicyclic) bond motifs is 6. The van der Waals surface area contributed by atoms with E-state index in [0.717, 1.165) is 56.2 Å². The number of carboxylic acid groups (broad SMARTS) is 1. The molecule has 0 saturated carbocycles. The van der Waals surface area contributed by atoms with Gasteiger partial charge in [0.05, 0.1) is 35.2 Å². The smallest absolute Gasteiger partial charge is 0.358 e. The molecule has 11 rings (SSSR count). The number of aryl methyl sites for hydroxylation is 1. The normalized spacial score (nSPS) is 10.9. The Morgan fingerprint density at radius 1 is 0.653 bits per heavy atom. The van der Waals surface area contributed by atoms with Gasteiger partial charge >= 0.3 is 5.97 Å². The van der Waals surface area contributed by atoms with Crippen LogP contribution in [0.1, 0.15) is 34.1 Å². The molecule has 11 aromatic rings. The van der Waals surface area contributed by atoms with Crippen LogP contribution in [0.3, 0.4) is 0 Å². The van der Waals surface area contributed by atoms with Crippen LogP contribution in [-0.4, -0.2) is 36.8 Å². The molecule has 0 aliphatic rings. The Morgan fingerprint density at radius 3 is 1.71 bits per heavy atom. The molecule has 0 saturated heterocycles. The number of rotatable bonds is 12. The maximum atomic E-state index is 13.8. The van der Waals surface area contributed by atoms with Crippen molar-refractivity contribution in [3.05, 3.63) is 228 Å². The van der Waals surface area contributed by atoms with Crippen molar-refractivity contribution >= 4 is 55.3 Å². The third-order valence-corrected chi connectivity index (χ3v) is 11.9. The molecule has 0 bridgehead atoms. The van der Waals surface area contributed by atoms with Crippen molar-refractivity contribution in [2.24, 2.45) is 0 Å². The molecular weight excluding hydrogens is 1090 g/mol. The Labute approximate surface area is 426 Å². The number of hydrogen-bond acceptors (Lipinski definition) is 6. The molecule has 357 valence electrons. The summed E-state index contributed by atoms with van der Waals surface area (Å²) in [6, 6.07) is 56.5. The van der Waals surface area contributed by atoms with Gasteiger partial charge in [0.2, 0.25) is 0 Å². The number of carbonyl (C=O) groups is 1. The molecule has 72 heavy (non-hydrogen) atoms. The molecule has 4 aromatic heterocycles. The van der Waals surface area contributed by atoms with Crippen LogP contribution in [0.2, 0.25) is 0 Å². The second kappa shape index (κ2) is 21.1. The average molecular weight is 1130 g/mol. The van der Waals surface area contributed by atoms with Crippen molar-refractivity contribution in [2.75, 3.05) is 6.61 Å². The number of benzene rings is 7. The molecule has 1 radical (unpaired) electrons. The largest absolute Gasteiger partial charge is 0.494 e. The first-order valence-corrected chi connectivity index (χ1v) is 22.7. The van der Waals surface area contributed by atoms with E-state index in [9.17, 15) is 18.7 Å². The van der Waals surface area contributed by atoms with Crippen molar-refractivity contribution in [1.82, 2.24) is 19.1 Å². The van der Waals surface area contributed by atoms with Gasteiger partial charge in [-0.25, -0.2) is 9.78 Å². The van der Waals surface area contributed by atoms with Crippen LogP contribution < -0.4 is 14.2 Å². The first kappa shape index (κ1) is 48.3. The summed E-state index contributed by atoms with van der Waals surface area (Å²) < 4.78 is 50.0. The Hall–Kier alpha value is -8.69. The fourth-order valence-corrected chi connectivity index (χ4v) is 8.89. The maximum Gasteiger partial charge on any atom is 0.358 e. The minimum absolute atomic E-state index is 0. The van der Waals surface area contributed by atoms with Gasteiger partial charge in [-0.2, -0.15) is 0 Å². The van der Waals surface area contributed by atoms with Crippen LogP contribution in [0.5, 0.6) is 17.2 Å². The average Bonchev–Trinajstić information content (AvgIpc) is 3.91. The fraction of sp³-hybridized carbons (Fsp3) is 0.0847. The number of nitrogens with zero attached hydrogens (tertiary/aromatic N) is 5. The third kappa shape index (κ3) is 9.61. The summed E-state index contributed by atoms with van der Waals surface area (Å²) in [7, 11) is 0. The van der Waals surface area contributed by atoms with Gasteiger partial charge in [0, 0.05) is 83.1 Å². The monoisotopic (exact) mass is 1130 g/mol. The fourth-order valence-electron chi connectivity index (χ4n) is 8.89. The number of carboxylic acids is 1. The summed E-state index contributed by atoms with van der Waals surface area (Å²) in [5.41, 5.74) is 8.77. The first-order valence-electron chi connectivity index (χ1n) is 22.7. The van der Waals surface area contributed by atoms with Crippen molar-refractivity contribution in [2.45, 2.75) is 27.1 Å². The minimum Gasteiger partial charge on any atom is -0.494 e. The summed E-state index contributed by atoms with van der Waals surface area (Å²) in [5.74, 6) is -1.56. The summed E-state index contributed by atoms with van der Waals surface area (Å²) in [4.78, 5) is 22.5. The Kier molecular flexibility index (Phi) is 14.2. The molecule has 0 spiro atoms. The van der Waals surface area contributed by atoms with Gasteiger partial charge in [-0.1, -0.05) is 84.4 Å². The van der Waals surface area contributed by atoms with Crippen LogP contribution in [0.25, 0.3) is 71.1 Å². The van der Waals surface area contributed by atoms with E-state index in [-0.39, 0.29) is 50.3 Å². The second-order valence-electron chi connectivity index (χ2n) is 16.6. The molecular formula is C59H42F2IrN5O5-. The molecule has 0 fully saturated rings. The summed E-state index contributed by atoms with van der Waals surface area (Å²) in [6.45, 7) is 11.3. The summed E-state index contributed by atoms with van der Waals surface area (Å²) in [5, 5.41) is 14.4. The summed E-state index contributed by atoms with van der Waals surface area (Å²) >= 11 is 0. The Morgan fingerprint density at radius 2 is 1.18 bits per heavy atom. The molecule has 13 heteroatoms. The number of ether oxygens (including phenoxy) is 3. The maximum absolute atomic E-state index is 13.8. The van der Waals surface area contributed by atoms with Gasteiger partial charge in [-0.3, -0.25) is 13.6 Å². The zero-order chi connectivity index (χ0) is 49.0. The molecule has 0 amide bonds. The van der Waals surface area contributed by atoms with Crippen LogP contribution >= 0.6 is 0 Å². The van der Waals surface area contributed by atoms with E-state index in [1.54, 1.807) is 24.3 Å². The van der Waals surface area contributed by atoms with E-state index in [1.807, 2.05) is 32.0 Å². The van der Waals surface area contributed by atoms with Crippen LogP contribution in [0, 0.1) is 31.2 Å². The zero-order valence-electron chi connectivity index (χ0n) is 38.8. The van der Waals surface area contributed by atoms with E-state index in [4.69, 9.17) is 20.8 Å². The van der Waals surface area contributed by atoms with Gasteiger partial charge in [-0.05, 0) is 103 Å². The topological polar surface area (TPSA) is 105 Å². The molecule has 10 nitrogen and oxygen atoms in total. The first-order chi connectivity index (χ1) is 34.7. The molecule has 0 aliphatic carbocycles. The van der Waals surface area contributed by atoms with Crippen LogP contribution in [-0.2, 0) is 33.3 Å². The van der Waals surface area contributed by atoms with E-state index in [1.165, 1.54) is 33.9 Å². The van der Waals surface area contributed by atoms with Crippen LogP contribution in [0.4, 0.5) is 14.5 Å². The second-order valence-corrected chi connectivity index (χ2v) is 16.6. The Bertz CT molecular complexity index is 3630. The summed E-state index contributed by atoms with van der Waals surface area (Å²) in [6.07, 6.45) is 2.96. The number of pyridine rings is 2. The number of halogens is 2. The van der Waals surface area contributed by atoms with Gasteiger partial charge in [0.25, 0.3) is 0 Å². The molecule has 0 aliphatic heterocycles. The van der Waals surface area contributed by atoms with E-state index >= 15 is 0 Å². The molecule has 4 heterocycles. The van der Waals surface area contributed by atoms with Crippen molar-refractivity contribution in [1.29, 1.82) is 0 Å². The molecule has 0 unspecified atom stereocenters. The molecule has 1 N–H and O–H groups in total. The van der Waals surface area contributed by atoms with Gasteiger partial charge < -0.3 is 33.4 Å². The van der Waals surface area contributed by atoms with Crippen molar-refractivity contribution < 1.29 is 53.0 Å². The number of hydrogen-bond donors (Lipinski definition) is 1. The van der Waals surface area contributed by atoms with E-state index in [0.29, 0.717) is 23.8 Å². The quantitative estimate of drug-likeness (QED) is 0.122. The molecule has 7 aromatic carbocycles. The van der Waals surface area contributed by atoms with E-state index in [2.05, 4.69) is 145 Å². The number of para-hydroxylation sites is 4. The Balaban J connectivity index is 0.000000302. The minimum atomic E-state index is -1.15. The number of aromatic nitrogens is 4. The van der Waals surface area contributed by atoms with Gasteiger partial charge in [0.1, 0.15) is 24.7 Å². The van der Waals surface area contributed by atoms with Gasteiger partial charge in [-0.15, -0.1) is 17.7 Å². The number of aromatic carboxylic acids is 1. The molecule has 0 atom stereocenters. The SMILES string of the molecule is CCOc1cc(COc2cccnc2C(=O)O)cc(OCc2cc(-n3c4ccccc4c4ccccc43)cc(-n3c4ccccc4c4ccccc43)c2)c1.[C-]#[N+]c1c(F)c[c-]c(-c2cc(C)ccn2)c1F.[Ir]. The predicted octanol–water partition coefficient (Wildman–Crippen LogP) is 14.2. The predicted molar refractivity (Wildman–Crippen MR) is 272 cm³/mol. The van der Waals surface area contributed by atoms with Gasteiger partial charge in [0.15, 0.2) is 17.1 Å². The zero-order valence-corrected chi connectivity index (χ0v) is 41.2. The third-order valence-electron chi connectivity index (χ3n) is 11.9. The van der Waals surface area contributed by atoms with Crippen molar-refractivity contribution in [3.8, 4) is 39.9 Å². The standard InChI is InChI=1S/C46H35N3O5.C13H7F2N2.Ir/c1-2-52-34-24-31(29-54-44-20-11-21-47-45(44)46(50)51)25-35(27-34)53-28-30-22-32(48-40-16-7-3-12-36(40)37-13-4-8-17-41(37)48)26-33(23-30)49-42-18-9-5-14-38(42)39-15-6-10-19-43(39)49;1-8-5-6-17-11(7-8)9-3-4-10(14)13(16-2)12(9)15;/h3-27H,2,28-29H2,1H3,(H,50,51);4-7H,1H3;/q;-1;.